The number of hydrogen-bond acceptors (Lipinski definition) is 3. The number of benzene rings is 3. The standard InChI is InChI=1S/C24H19Cl2NO3/c1-15(22(28)17-5-3-2-4-6-17)24(30)20-13-19(26)11-12-21(20)27(23(24)29)14-16-7-9-18(25)10-8-16/h2-13,15,30H,14H2,1H3/t15-,24-/m1/s1. The quantitative estimate of drug-likeness (QED) is 0.552. The molecule has 4 nitrogen and oxygen atoms in total. The summed E-state index contributed by atoms with van der Waals surface area (Å²) in [5.41, 5.74) is 0.144. The minimum absolute atomic E-state index is 0.235. The lowest BCUT2D eigenvalue weighted by atomic mass is 9.79. The van der Waals surface area contributed by atoms with Crippen LogP contribution in [0.4, 0.5) is 5.69 Å². The highest BCUT2D eigenvalue weighted by Gasteiger charge is 2.55. The van der Waals surface area contributed by atoms with Crippen molar-refractivity contribution in [1.29, 1.82) is 0 Å². The van der Waals surface area contributed by atoms with Crippen LogP contribution in [0.25, 0.3) is 0 Å². The summed E-state index contributed by atoms with van der Waals surface area (Å²) in [6.07, 6.45) is 0. The molecule has 1 heterocycles. The van der Waals surface area contributed by atoms with Crippen molar-refractivity contribution in [2.24, 2.45) is 5.92 Å². The van der Waals surface area contributed by atoms with Gasteiger partial charge < -0.3 is 10.0 Å². The number of carbonyl (C=O) groups is 2. The molecular formula is C24H19Cl2NO3. The molecule has 152 valence electrons. The zero-order chi connectivity index (χ0) is 21.5. The highest BCUT2D eigenvalue weighted by Crippen LogP contribution is 2.47. The fourth-order valence-corrected chi connectivity index (χ4v) is 4.17. The second-order valence-corrected chi connectivity index (χ2v) is 8.27. The van der Waals surface area contributed by atoms with Crippen LogP contribution < -0.4 is 4.90 Å². The lowest BCUT2D eigenvalue weighted by Crippen LogP contribution is -2.47. The molecule has 0 aliphatic carbocycles. The van der Waals surface area contributed by atoms with Gasteiger partial charge >= 0.3 is 0 Å². The van der Waals surface area contributed by atoms with Gasteiger partial charge in [0.2, 0.25) is 0 Å². The SMILES string of the molecule is C[C@H](C(=O)c1ccccc1)[C@]1(O)C(=O)N(Cc2ccc(Cl)cc2)c2ccc(Cl)cc21. The van der Waals surface area contributed by atoms with E-state index in [0.29, 0.717) is 26.9 Å². The van der Waals surface area contributed by atoms with E-state index in [-0.39, 0.29) is 12.3 Å². The largest absolute Gasteiger partial charge is 0.375 e. The molecule has 0 aromatic heterocycles. The molecule has 0 saturated carbocycles. The first-order valence-electron chi connectivity index (χ1n) is 9.50. The molecule has 0 bridgehead atoms. The van der Waals surface area contributed by atoms with Crippen molar-refractivity contribution in [2.75, 3.05) is 4.90 Å². The molecule has 1 N–H and O–H groups in total. The molecule has 0 radical (unpaired) electrons. The summed E-state index contributed by atoms with van der Waals surface area (Å²) >= 11 is 12.1. The van der Waals surface area contributed by atoms with Gasteiger partial charge in [-0.1, -0.05) is 72.6 Å². The molecular weight excluding hydrogens is 421 g/mol. The van der Waals surface area contributed by atoms with E-state index in [4.69, 9.17) is 23.2 Å². The molecule has 0 spiro atoms. The van der Waals surface area contributed by atoms with Crippen molar-refractivity contribution in [3.63, 3.8) is 0 Å². The fraction of sp³-hybridized carbons (Fsp3) is 0.167. The van der Waals surface area contributed by atoms with E-state index >= 15 is 0 Å². The number of anilines is 1. The van der Waals surface area contributed by atoms with Gasteiger partial charge in [-0.2, -0.15) is 0 Å². The smallest absolute Gasteiger partial charge is 0.264 e. The van der Waals surface area contributed by atoms with Gasteiger partial charge in [0.05, 0.1) is 18.2 Å². The minimum Gasteiger partial charge on any atom is -0.375 e. The van der Waals surface area contributed by atoms with Crippen LogP contribution in [-0.4, -0.2) is 16.8 Å². The normalized spacial score (nSPS) is 18.9. The zero-order valence-electron chi connectivity index (χ0n) is 16.2. The van der Waals surface area contributed by atoms with Gasteiger partial charge in [0.1, 0.15) is 0 Å². The van der Waals surface area contributed by atoms with Crippen LogP contribution in [0.3, 0.4) is 0 Å². The molecule has 0 saturated heterocycles. The zero-order valence-corrected chi connectivity index (χ0v) is 17.7. The van der Waals surface area contributed by atoms with Crippen LogP contribution in [0.5, 0.6) is 0 Å². The maximum atomic E-state index is 13.5. The van der Waals surface area contributed by atoms with Crippen molar-refractivity contribution < 1.29 is 14.7 Å². The third-order valence-electron chi connectivity index (χ3n) is 5.56. The first-order valence-corrected chi connectivity index (χ1v) is 10.3. The highest BCUT2D eigenvalue weighted by molar-refractivity contribution is 6.31. The van der Waals surface area contributed by atoms with Crippen LogP contribution in [0.15, 0.2) is 72.8 Å². The lowest BCUT2D eigenvalue weighted by molar-refractivity contribution is -0.139. The monoisotopic (exact) mass is 439 g/mol. The summed E-state index contributed by atoms with van der Waals surface area (Å²) in [7, 11) is 0. The van der Waals surface area contributed by atoms with Crippen LogP contribution in [0.1, 0.15) is 28.4 Å². The second-order valence-electron chi connectivity index (χ2n) is 7.40. The first-order chi connectivity index (χ1) is 14.3. The molecule has 1 aliphatic heterocycles. The number of Topliss-reactive ketones (excluding diaryl/α,β-unsaturated/α-hetero) is 1. The predicted molar refractivity (Wildman–Crippen MR) is 118 cm³/mol. The number of nitrogens with zero attached hydrogens (tertiary/aromatic N) is 1. The van der Waals surface area contributed by atoms with E-state index in [1.165, 1.54) is 4.90 Å². The van der Waals surface area contributed by atoms with E-state index in [1.54, 1.807) is 67.6 Å². The summed E-state index contributed by atoms with van der Waals surface area (Å²) in [5, 5.41) is 12.6. The van der Waals surface area contributed by atoms with E-state index in [1.807, 2.05) is 12.1 Å². The number of halogens is 2. The molecule has 4 rings (SSSR count). The van der Waals surface area contributed by atoms with Crippen LogP contribution >= 0.6 is 23.2 Å². The van der Waals surface area contributed by atoms with Gasteiger partial charge in [0.25, 0.3) is 5.91 Å². The number of fused-ring (bicyclic) bond motifs is 1. The molecule has 3 aromatic carbocycles. The van der Waals surface area contributed by atoms with E-state index in [0.717, 1.165) is 5.56 Å². The van der Waals surface area contributed by atoms with Gasteiger partial charge in [-0.3, -0.25) is 9.59 Å². The Labute approximate surface area is 184 Å². The van der Waals surface area contributed by atoms with Crippen molar-refractivity contribution in [2.45, 2.75) is 19.1 Å². The first kappa shape index (κ1) is 20.6. The Hall–Kier alpha value is -2.66. The Morgan fingerprint density at radius 3 is 2.30 bits per heavy atom. The average molecular weight is 440 g/mol. The second kappa shape index (κ2) is 7.88. The molecule has 2 atom stereocenters. The van der Waals surface area contributed by atoms with Crippen molar-refractivity contribution in [1.82, 2.24) is 0 Å². The van der Waals surface area contributed by atoms with Gasteiger partial charge in [-0.05, 0) is 35.9 Å². The number of amides is 1. The summed E-state index contributed by atoms with van der Waals surface area (Å²) < 4.78 is 0. The van der Waals surface area contributed by atoms with Crippen LogP contribution in [0, 0.1) is 5.92 Å². The van der Waals surface area contributed by atoms with E-state index in [2.05, 4.69) is 0 Å². The summed E-state index contributed by atoms with van der Waals surface area (Å²) in [6, 6.07) is 20.7. The van der Waals surface area contributed by atoms with Gasteiger partial charge in [-0.15, -0.1) is 0 Å². The summed E-state index contributed by atoms with van der Waals surface area (Å²) in [6.45, 7) is 1.81. The third-order valence-corrected chi connectivity index (χ3v) is 6.05. The number of carbonyl (C=O) groups excluding carboxylic acids is 2. The Bertz CT molecular complexity index is 1120. The highest BCUT2D eigenvalue weighted by atomic mass is 35.5. The predicted octanol–water partition coefficient (Wildman–Crippen LogP) is 5.25. The van der Waals surface area contributed by atoms with Crippen LogP contribution in [-0.2, 0) is 16.9 Å². The van der Waals surface area contributed by atoms with E-state index in [9.17, 15) is 14.7 Å². The number of hydrogen-bond donors (Lipinski definition) is 1. The number of rotatable bonds is 5. The average Bonchev–Trinajstić information content (AvgIpc) is 2.97. The minimum atomic E-state index is -2.01. The van der Waals surface area contributed by atoms with Crippen molar-refractivity contribution in [3.05, 3.63) is 99.5 Å². The molecule has 6 heteroatoms. The van der Waals surface area contributed by atoms with Gasteiger partial charge in [0, 0.05) is 21.2 Å². The molecule has 1 aliphatic rings. The summed E-state index contributed by atoms with van der Waals surface area (Å²) in [5.74, 6) is -1.86. The lowest BCUT2D eigenvalue weighted by Gasteiger charge is -2.28. The van der Waals surface area contributed by atoms with Gasteiger partial charge in [-0.25, -0.2) is 0 Å². The topological polar surface area (TPSA) is 57.6 Å². The Balaban J connectivity index is 1.76. The molecule has 0 unspecified atom stereocenters. The molecule has 0 fully saturated rings. The van der Waals surface area contributed by atoms with E-state index < -0.39 is 17.4 Å². The third kappa shape index (κ3) is 3.41. The molecule has 3 aromatic rings. The number of ketones is 1. The van der Waals surface area contributed by atoms with Crippen molar-refractivity contribution >= 4 is 40.6 Å². The Morgan fingerprint density at radius 2 is 1.63 bits per heavy atom. The Morgan fingerprint density at radius 1 is 1.00 bits per heavy atom. The summed E-state index contributed by atoms with van der Waals surface area (Å²) in [4.78, 5) is 28.1. The fourth-order valence-electron chi connectivity index (χ4n) is 3.87. The van der Waals surface area contributed by atoms with Crippen molar-refractivity contribution in [3.8, 4) is 0 Å². The number of aliphatic hydroxyl groups is 1. The van der Waals surface area contributed by atoms with Gasteiger partial charge in [0.15, 0.2) is 11.4 Å². The molecule has 30 heavy (non-hydrogen) atoms. The maximum absolute atomic E-state index is 13.5. The molecule has 1 amide bonds. The maximum Gasteiger partial charge on any atom is 0.264 e. The Kier molecular flexibility index (Phi) is 5.41. The van der Waals surface area contributed by atoms with Crippen LogP contribution in [0.2, 0.25) is 10.0 Å².